The fourth-order valence-electron chi connectivity index (χ4n) is 3.38. The van der Waals surface area contributed by atoms with Gasteiger partial charge in [-0.25, -0.2) is 0 Å². The molecule has 1 atom stereocenters. The summed E-state index contributed by atoms with van der Waals surface area (Å²) in [5.41, 5.74) is 1.19. The maximum Gasteiger partial charge on any atom is 0.287 e. The number of piperazine rings is 1. The van der Waals surface area contributed by atoms with Crippen molar-refractivity contribution in [1.82, 2.24) is 15.1 Å². The normalized spacial score (nSPS) is 16.3. The van der Waals surface area contributed by atoms with Gasteiger partial charge in [0, 0.05) is 32.7 Å². The van der Waals surface area contributed by atoms with E-state index in [4.69, 9.17) is 4.42 Å². The van der Waals surface area contributed by atoms with Crippen LogP contribution >= 0.6 is 0 Å². The molecule has 1 aliphatic rings. The van der Waals surface area contributed by atoms with E-state index in [1.165, 1.54) is 11.8 Å². The zero-order chi connectivity index (χ0) is 20.6. The van der Waals surface area contributed by atoms with Gasteiger partial charge in [-0.2, -0.15) is 0 Å². The number of carbonyl (C=O) groups excluding carboxylic acids is 2. The number of hydrogen-bond acceptors (Lipinski definition) is 4. The van der Waals surface area contributed by atoms with E-state index in [1.807, 2.05) is 36.9 Å². The quantitative estimate of drug-likeness (QED) is 0.783. The lowest BCUT2D eigenvalue weighted by atomic mass is 10.0. The lowest BCUT2D eigenvalue weighted by Crippen LogP contribution is -2.56. The van der Waals surface area contributed by atoms with Gasteiger partial charge < -0.3 is 14.6 Å². The summed E-state index contributed by atoms with van der Waals surface area (Å²) in [7, 11) is 0. The first kappa shape index (κ1) is 20.9. The van der Waals surface area contributed by atoms with Gasteiger partial charge in [0.2, 0.25) is 5.91 Å². The predicted molar refractivity (Wildman–Crippen MR) is 113 cm³/mol. The van der Waals surface area contributed by atoms with Crippen molar-refractivity contribution in [3.63, 3.8) is 0 Å². The van der Waals surface area contributed by atoms with Gasteiger partial charge in [0.25, 0.3) is 5.91 Å². The lowest BCUT2D eigenvalue weighted by Gasteiger charge is -2.36. The molecule has 1 N–H and O–H groups in total. The second-order valence-electron chi connectivity index (χ2n) is 7.61. The van der Waals surface area contributed by atoms with E-state index >= 15 is 0 Å². The topological polar surface area (TPSA) is 65.8 Å². The first-order valence-corrected chi connectivity index (χ1v) is 10.1. The highest BCUT2D eigenvalue weighted by Crippen LogP contribution is 2.12. The third-order valence-corrected chi connectivity index (χ3v) is 5.12. The molecule has 6 heteroatoms. The van der Waals surface area contributed by atoms with Crippen LogP contribution in [0.5, 0.6) is 0 Å². The average Bonchev–Trinajstić information content (AvgIpc) is 3.27. The van der Waals surface area contributed by atoms with Crippen LogP contribution in [0.15, 0.2) is 59.2 Å². The van der Waals surface area contributed by atoms with E-state index in [9.17, 15) is 9.59 Å². The fourth-order valence-corrected chi connectivity index (χ4v) is 3.38. The molecule has 6 nitrogen and oxygen atoms in total. The Balaban J connectivity index is 1.49. The van der Waals surface area contributed by atoms with Crippen molar-refractivity contribution >= 4 is 17.9 Å². The molecule has 154 valence electrons. The van der Waals surface area contributed by atoms with Gasteiger partial charge in [-0.15, -0.1) is 0 Å². The fraction of sp³-hybridized carbons (Fsp3) is 0.391. The smallest absolute Gasteiger partial charge is 0.287 e. The number of hydrogen-bond donors (Lipinski definition) is 1. The first-order chi connectivity index (χ1) is 14.0. The van der Waals surface area contributed by atoms with Gasteiger partial charge in [-0.3, -0.25) is 14.5 Å². The SMILES string of the molecule is CC(C)C(NC(=O)c1ccco1)C(=O)N1CCN(C/C=C/c2ccccc2)CC1. The van der Waals surface area contributed by atoms with E-state index in [-0.39, 0.29) is 23.5 Å². The number of rotatable bonds is 7. The average molecular weight is 396 g/mol. The molecule has 1 aliphatic heterocycles. The van der Waals surface area contributed by atoms with Gasteiger partial charge in [0.05, 0.1) is 6.26 Å². The van der Waals surface area contributed by atoms with E-state index in [2.05, 4.69) is 34.5 Å². The second-order valence-corrected chi connectivity index (χ2v) is 7.61. The zero-order valence-corrected chi connectivity index (χ0v) is 17.1. The summed E-state index contributed by atoms with van der Waals surface area (Å²) in [5, 5.41) is 2.83. The molecule has 0 spiro atoms. The van der Waals surface area contributed by atoms with Crippen LogP contribution in [-0.4, -0.2) is 60.4 Å². The largest absolute Gasteiger partial charge is 0.459 e. The van der Waals surface area contributed by atoms with Crippen LogP contribution in [-0.2, 0) is 4.79 Å². The molecule has 0 radical (unpaired) electrons. The summed E-state index contributed by atoms with van der Waals surface area (Å²) in [4.78, 5) is 29.5. The third kappa shape index (κ3) is 5.81. The van der Waals surface area contributed by atoms with Crippen molar-refractivity contribution in [2.24, 2.45) is 5.92 Å². The van der Waals surface area contributed by atoms with Gasteiger partial charge in [0.1, 0.15) is 6.04 Å². The van der Waals surface area contributed by atoms with E-state index in [0.29, 0.717) is 13.1 Å². The number of nitrogens with zero attached hydrogens (tertiary/aromatic N) is 2. The summed E-state index contributed by atoms with van der Waals surface area (Å²) >= 11 is 0. The molecule has 1 aromatic carbocycles. The van der Waals surface area contributed by atoms with E-state index in [1.54, 1.807) is 12.1 Å². The van der Waals surface area contributed by atoms with Crippen molar-refractivity contribution in [3.8, 4) is 0 Å². The number of nitrogens with one attached hydrogen (secondary N) is 1. The summed E-state index contributed by atoms with van der Waals surface area (Å²) in [5.74, 6) is -0.169. The van der Waals surface area contributed by atoms with Crippen LogP contribution in [0, 0.1) is 5.92 Å². The highest BCUT2D eigenvalue weighted by atomic mass is 16.3. The molecule has 3 rings (SSSR count). The molecule has 0 aliphatic carbocycles. The van der Waals surface area contributed by atoms with Gasteiger partial charge in [-0.05, 0) is 23.6 Å². The molecule has 29 heavy (non-hydrogen) atoms. The third-order valence-electron chi connectivity index (χ3n) is 5.12. The Bertz CT molecular complexity index is 807. The van der Waals surface area contributed by atoms with Gasteiger partial charge in [-0.1, -0.05) is 56.3 Å². The Morgan fingerprint density at radius 1 is 1.07 bits per heavy atom. The predicted octanol–water partition coefficient (Wildman–Crippen LogP) is 2.89. The molecule has 1 fully saturated rings. The maximum atomic E-state index is 13.0. The standard InChI is InChI=1S/C23H29N3O3/c1-18(2)21(24-22(27)20-11-7-17-29-20)23(28)26-15-13-25(14-16-26)12-6-10-19-8-4-3-5-9-19/h3-11,17-18,21H,12-16H2,1-2H3,(H,24,27)/b10-6+. The van der Waals surface area contributed by atoms with Crippen molar-refractivity contribution < 1.29 is 14.0 Å². The number of benzene rings is 1. The zero-order valence-electron chi connectivity index (χ0n) is 17.1. The van der Waals surface area contributed by atoms with E-state index < -0.39 is 6.04 Å². The summed E-state index contributed by atoms with van der Waals surface area (Å²) in [6, 6.07) is 12.9. The highest BCUT2D eigenvalue weighted by Gasteiger charge is 2.31. The first-order valence-electron chi connectivity index (χ1n) is 10.1. The van der Waals surface area contributed by atoms with Crippen LogP contribution in [0.25, 0.3) is 6.08 Å². The Morgan fingerprint density at radius 3 is 2.41 bits per heavy atom. The molecule has 2 aromatic rings. The Hall–Kier alpha value is -2.86. The van der Waals surface area contributed by atoms with Crippen molar-refractivity contribution in [3.05, 3.63) is 66.1 Å². The number of furan rings is 1. The minimum Gasteiger partial charge on any atom is -0.459 e. The molecular formula is C23H29N3O3. The molecule has 0 saturated carbocycles. The number of carbonyl (C=O) groups is 2. The minimum atomic E-state index is -0.558. The van der Waals surface area contributed by atoms with Crippen LogP contribution in [0.1, 0.15) is 30.0 Å². The summed E-state index contributed by atoms with van der Waals surface area (Å²) in [6.45, 7) is 7.71. The van der Waals surface area contributed by atoms with Gasteiger partial charge in [0.15, 0.2) is 5.76 Å². The Morgan fingerprint density at radius 2 is 1.79 bits per heavy atom. The molecule has 2 heterocycles. The van der Waals surface area contributed by atoms with E-state index in [0.717, 1.165) is 19.6 Å². The summed E-state index contributed by atoms with van der Waals surface area (Å²) < 4.78 is 5.13. The second kappa shape index (κ2) is 10.1. The maximum absolute atomic E-state index is 13.0. The molecule has 1 saturated heterocycles. The molecular weight excluding hydrogens is 366 g/mol. The summed E-state index contributed by atoms with van der Waals surface area (Å²) in [6.07, 6.45) is 5.73. The number of amides is 2. The van der Waals surface area contributed by atoms with Crippen molar-refractivity contribution in [1.29, 1.82) is 0 Å². The molecule has 0 bridgehead atoms. The van der Waals surface area contributed by atoms with Crippen LogP contribution in [0.2, 0.25) is 0 Å². The van der Waals surface area contributed by atoms with Crippen LogP contribution in [0.4, 0.5) is 0 Å². The lowest BCUT2D eigenvalue weighted by molar-refractivity contribution is -0.136. The molecule has 2 amide bonds. The molecule has 1 unspecified atom stereocenters. The Labute approximate surface area is 172 Å². The van der Waals surface area contributed by atoms with Crippen molar-refractivity contribution in [2.45, 2.75) is 19.9 Å². The highest BCUT2D eigenvalue weighted by molar-refractivity contribution is 5.95. The van der Waals surface area contributed by atoms with Crippen LogP contribution in [0.3, 0.4) is 0 Å². The monoisotopic (exact) mass is 395 g/mol. The minimum absolute atomic E-state index is 0.00625. The van der Waals surface area contributed by atoms with Crippen molar-refractivity contribution in [2.75, 3.05) is 32.7 Å². The Kier molecular flexibility index (Phi) is 7.25. The van der Waals surface area contributed by atoms with Gasteiger partial charge >= 0.3 is 0 Å². The molecule has 1 aromatic heterocycles. The van der Waals surface area contributed by atoms with Crippen LogP contribution < -0.4 is 5.32 Å².